The number of halogens is 1. The zero-order chi connectivity index (χ0) is 19.6. The number of aromatic nitrogens is 2. The van der Waals surface area contributed by atoms with Crippen LogP contribution in [0.15, 0.2) is 61.3 Å². The molecular formula is C24H27FN2. The maximum absolute atomic E-state index is 13.9. The largest absolute Gasteiger partial charge is 0.330 e. The first-order valence-corrected chi connectivity index (χ1v) is 9.33. The van der Waals surface area contributed by atoms with E-state index in [4.69, 9.17) is 4.98 Å². The van der Waals surface area contributed by atoms with Crippen molar-refractivity contribution in [2.75, 3.05) is 0 Å². The Labute approximate surface area is 161 Å². The first-order valence-electron chi connectivity index (χ1n) is 9.33. The molecule has 0 spiro atoms. The monoisotopic (exact) mass is 362 g/mol. The predicted molar refractivity (Wildman–Crippen MR) is 111 cm³/mol. The summed E-state index contributed by atoms with van der Waals surface area (Å²) in [7, 11) is 0. The molecule has 0 saturated carbocycles. The molecule has 0 aliphatic rings. The normalized spacial score (nSPS) is 12.8. The molecule has 0 N–H and O–H groups in total. The van der Waals surface area contributed by atoms with Gasteiger partial charge < -0.3 is 4.57 Å². The summed E-state index contributed by atoms with van der Waals surface area (Å²) >= 11 is 0. The van der Waals surface area contributed by atoms with Crippen molar-refractivity contribution in [1.82, 2.24) is 9.55 Å². The molecule has 3 heteroatoms. The summed E-state index contributed by atoms with van der Waals surface area (Å²) in [6.07, 6.45) is 3.78. The number of benzene rings is 2. The summed E-state index contributed by atoms with van der Waals surface area (Å²) in [6.45, 7) is 13.5. The van der Waals surface area contributed by atoms with Crippen LogP contribution in [0.5, 0.6) is 0 Å². The fourth-order valence-corrected chi connectivity index (χ4v) is 3.13. The van der Waals surface area contributed by atoms with Gasteiger partial charge in [0.2, 0.25) is 0 Å². The lowest BCUT2D eigenvalue weighted by Crippen LogP contribution is -2.20. The topological polar surface area (TPSA) is 17.8 Å². The van der Waals surface area contributed by atoms with Gasteiger partial charge in [0.15, 0.2) is 0 Å². The van der Waals surface area contributed by atoms with Crippen molar-refractivity contribution in [3.05, 3.63) is 84.1 Å². The van der Waals surface area contributed by atoms with E-state index >= 15 is 0 Å². The van der Waals surface area contributed by atoms with Crippen molar-refractivity contribution in [1.29, 1.82) is 0 Å². The molecule has 0 unspecified atom stereocenters. The van der Waals surface area contributed by atoms with Crippen LogP contribution in [0.2, 0.25) is 0 Å². The second-order valence-corrected chi connectivity index (χ2v) is 8.12. The lowest BCUT2D eigenvalue weighted by molar-refractivity contribution is 0.321. The van der Waals surface area contributed by atoms with E-state index in [1.54, 1.807) is 12.1 Å². The molecule has 2 nitrogen and oxygen atoms in total. The minimum absolute atomic E-state index is 0.0697. The first-order chi connectivity index (χ1) is 12.8. The van der Waals surface area contributed by atoms with Crippen LogP contribution >= 0.6 is 0 Å². The zero-order valence-corrected chi connectivity index (χ0v) is 16.5. The van der Waals surface area contributed by atoms with Gasteiger partial charge in [-0.15, -0.1) is 0 Å². The van der Waals surface area contributed by atoms with E-state index in [1.807, 2.05) is 24.4 Å². The summed E-state index contributed by atoms with van der Waals surface area (Å²) in [5.74, 6) is 0.995. The van der Waals surface area contributed by atoms with E-state index in [2.05, 4.69) is 51.0 Å². The van der Waals surface area contributed by atoms with E-state index in [9.17, 15) is 4.39 Å². The molecule has 0 aliphatic heterocycles. The average Bonchev–Trinajstić information content (AvgIpc) is 3.04. The van der Waals surface area contributed by atoms with E-state index in [1.165, 1.54) is 17.7 Å². The van der Waals surface area contributed by atoms with Crippen LogP contribution < -0.4 is 0 Å². The second kappa shape index (κ2) is 7.51. The lowest BCUT2D eigenvalue weighted by atomic mass is 9.81. The Kier molecular flexibility index (Phi) is 5.31. The van der Waals surface area contributed by atoms with Gasteiger partial charge in [-0.1, -0.05) is 76.7 Å². The summed E-state index contributed by atoms with van der Waals surface area (Å²) < 4.78 is 16.1. The van der Waals surface area contributed by atoms with Crippen LogP contribution in [0.25, 0.3) is 17.3 Å². The van der Waals surface area contributed by atoms with Gasteiger partial charge in [0, 0.05) is 24.2 Å². The quantitative estimate of drug-likeness (QED) is 0.504. The molecule has 0 amide bonds. The van der Waals surface area contributed by atoms with Gasteiger partial charge in [-0.05, 0) is 28.7 Å². The van der Waals surface area contributed by atoms with E-state index in [-0.39, 0.29) is 17.2 Å². The second-order valence-electron chi connectivity index (χ2n) is 8.12. The third kappa shape index (κ3) is 4.19. The van der Waals surface area contributed by atoms with Crippen LogP contribution in [0.1, 0.15) is 50.6 Å². The van der Waals surface area contributed by atoms with Gasteiger partial charge in [-0.2, -0.15) is 0 Å². The van der Waals surface area contributed by atoms with Crippen molar-refractivity contribution in [2.45, 2.75) is 40.2 Å². The van der Waals surface area contributed by atoms with Gasteiger partial charge in [0.05, 0.1) is 5.69 Å². The van der Waals surface area contributed by atoms with Gasteiger partial charge in [-0.25, -0.2) is 9.37 Å². The molecule has 0 fully saturated rings. The highest BCUT2D eigenvalue weighted by molar-refractivity contribution is 5.72. The highest BCUT2D eigenvalue weighted by Gasteiger charge is 2.27. The Morgan fingerprint density at radius 2 is 1.85 bits per heavy atom. The maximum atomic E-state index is 13.9. The average molecular weight is 362 g/mol. The van der Waals surface area contributed by atoms with Crippen LogP contribution in [0.3, 0.4) is 0 Å². The highest BCUT2D eigenvalue weighted by atomic mass is 19.1. The van der Waals surface area contributed by atoms with E-state index in [0.717, 1.165) is 29.2 Å². The van der Waals surface area contributed by atoms with Crippen molar-refractivity contribution < 1.29 is 4.39 Å². The Hall–Kier alpha value is -2.68. The Morgan fingerprint density at radius 1 is 1.15 bits per heavy atom. The molecule has 3 aromatic rings. The SMILES string of the molecule is C=Cc1ccc(F)cc1-c1cn(Cc2ccccc2)c([C@H](C)C(C)(C)C)n1. The zero-order valence-electron chi connectivity index (χ0n) is 16.5. The lowest BCUT2D eigenvalue weighted by Gasteiger charge is -2.27. The molecule has 1 atom stereocenters. The van der Waals surface area contributed by atoms with Crippen molar-refractivity contribution >= 4 is 6.08 Å². The van der Waals surface area contributed by atoms with Crippen LogP contribution in [-0.2, 0) is 6.54 Å². The molecule has 0 aliphatic carbocycles. The summed E-state index contributed by atoms with van der Waals surface area (Å²) in [6, 6.07) is 15.1. The van der Waals surface area contributed by atoms with Gasteiger partial charge in [0.1, 0.15) is 11.6 Å². The molecule has 2 aromatic carbocycles. The van der Waals surface area contributed by atoms with Crippen LogP contribution in [-0.4, -0.2) is 9.55 Å². The fourth-order valence-electron chi connectivity index (χ4n) is 3.13. The van der Waals surface area contributed by atoms with Gasteiger partial charge in [0.25, 0.3) is 0 Å². The molecule has 140 valence electrons. The van der Waals surface area contributed by atoms with Crippen LogP contribution in [0.4, 0.5) is 4.39 Å². The van der Waals surface area contributed by atoms with Crippen molar-refractivity contribution in [3.63, 3.8) is 0 Å². The Bertz CT molecular complexity index is 933. The number of hydrogen-bond donors (Lipinski definition) is 0. The van der Waals surface area contributed by atoms with E-state index in [0.29, 0.717) is 0 Å². The standard InChI is InChI=1S/C24H27FN2/c1-6-19-12-13-20(25)14-21(19)22-16-27(15-18-10-8-7-9-11-18)23(26-22)17(2)24(3,4)5/h6-14,16-17H,1,15H2,2-5H3/t17-/m0/s1. The predicted octanol–water partition coefficient (Wildman–Crippen LogP) is 6.53. The smallest absolute Gasteiger partial charge is 0.123 e. The fraction of sp³-hybridized carbons (Fsp3) is 0.292. The Morgan fingerprint density at radius 3 is 2.48 bits per heavy atom. The Balaban J connectivity index is 2.12. The number of hydrogen-bond acceptors (Lipinski definition) is 1. The maximum Gasteiger partial charge on any atom is 0.123 e. The van der Waals surface area contributed by atoms with Crippen molar-refractivity contribution in [3.8, 4) is 11.3 Å². The molecule has 0 radical (unpaired) electrons. The third-order valence-corrected chi connectivity index (χ3v) is 5.20. The summed E-state index contributed by atoms with van der Waals surface area (Å²) in [5, 5.41) is 0. The van der Waals surface area contributed by atoms with Gasteiger partial charge in [-0.3, -0.25) is 0 Å². The molecule has 0 bridgehead atoms. The third-order valence-electron chi connectivity index (χ3n) is 5.20. The molecule has 0 saturated heterocycles. The highest BCUT2D eigenvalue weighted by Crippen LogP contribution is 2.36. The molecule has 1 heterocycles. The molecule has 27 heavy (non-hydrogen) atoms. The first kappa shape index (κ1) is 19.1. The number of rotatable bonds is 5. The molecule has 3 rings (SSSR count). The summed E-state index contributed by atoms with van der Waals surface area (Å²) in [5.41, 5.74) is 3.73. The molecule has 1 aromatic heterocycles. The van der Waals surface area contributed by atoms with E-state index < -0.39 is 0 Å². The van der Waals surface area contributed by atoms with Crippen molar-refractivity contribution in [2.24, 2.45) is 5.41 Å². The summed E-state index contributed by atoms with van der Waals surface area (Å²) in [4.78, 5) is 4.94. The minimum Gasteiger partial charge on any atom is -0.330 e. The molecular weight excluding hydrogens is 335 g/mol. The van der Waals surface area contributed by atoms with Crippen LogP contribution in [0, 0.1) is 11.2 Å². The minimum atomic E-state index is -0.265. The van der Waals surface area contributed by atoms with Gasteiger partial charge >= 0.3 is 0 Å². The number of nitrogens with zero attached hydrogens (tertiary/aromatic N) is 2. The number of imidazole rings is 1.